The van der Waals surface area contributed by atoms with Crippen molar-refractivity contribution < 1.29 is 9.59 Å². The van der Waals surface area contributed by atoms with Gasteiger partial charge >= 0.3 is 0 Å². The van der Waals surface area contributed by atoms with Crippen LogP contribution in [0.25, 0.3) is 0 Å². The van der Waals surface area contributed by atoms with E-state index in [0.717, 1.165) is 44.3 Å². The van der Waals surface area contributed by atoms with Gasteiger partial charge in [-0.05, 0) is 24.8 Å². The molecule has 0 bridgehead atoms. The molecular weight excluding hydrogens is 288 g/mol. The monoisotopic (exact) mass is 314 g/mol. The standard InChI is InChI=1S/C19H26N2O2/c1-20(2)18(23)16-9-6-10-19(16)11-12-21(14-19)17(22)13-15-7-4-3-5-8-15/h3-5,7-8,16H,6,9-14H2,1-2H3/t16-,19-/m0/s1. The fourth-order valence-corrected chi connectivity index (χ4v) is 4.32. The van der Waals surface area contributed by atoms with Gasteiger partial charge in [0.1, 0.15) is 0 Å². The van der Waals surface area contributed by atoms with E-state index in [0.29, 0.717) is 6.42 Å². The van der Waals surface area contributed by atoms with Crippen LogP contribution in [0.3, 0.4) is 0 Å². The normalized spacial score (nSPS) is 26.7. The van der Waals surface area contributed by atoms with Gasteiger partial charge in [0.15, 0.2) is 0 Å². The molecule has 1 saturated carbocycles. The number of hydrogen-bond acceptors (Lipinski definition) is 2. The molecule has 0 radical (unpaired) electrons. The fraction of sp³-hybridized carbons (Fsp3) is 0.579. The number of amides is 2. The van der Waals surface area contributed by atoms with Crippen LogP contribution in [-0.4, -0.2) is 48.8 Å². The summed E-state index contributed by atoms with van der Waals surface area (Å²) in [6.07, 6.45) is 4.58. The number of benzene rings is 1. The van der Waals surface area contributed by atoms with Crippen molar-refractivity contribution in [3.05, 3.63) is 35.9 Å². The Morgan fingerprint density at radius 3 is 2.65 bits per heavy atom. The van der Waals surface area contributed by atoms with Crippen LogP contribution in [0.15, 0.2) is 30.3 Å². The van der Waals surface area contributed by atoms with Gasteiger partial charge in [0.05, 0.1) is 6.42 Å². The second-order valence-corrected chi connectivity index (χ2v) is 7.27. The van der Waals surface area contributed by atoms with Gasteiger partial charge in [-0.1, -0.05) is 36.8 Å². The first kappa shape index (κ1) is 16.0. The van der Waals surface area contributed by atoms with Gasteiger partial charge in [-0.3, -0.25) is 9.59 Å². The lowest BCUT2D eigenvalue weighted by Gasteiger charge is -2.32. The summed E-state index contributed by atoms with van der Waals surface area (Å²) in [5.74, 6) is 0.517. The van der Waals surface area contributed by atoms with Gasteiger partial charge in [-0.15, -0.1) is 0 Å². The van der Waals surface area contributed by atoms with E-state index in [4.69, 9.17) is 0 Å². The zero-order chi connectivity index (χ0) is 16.4. The van der Waals surface area contributed by atoms with Crippen molar-refractivity contribution in [1.29, 1.82) is 0 Å². The van der Waals surface area contributed by atoms with Crippen LogP contribution < -0.4 is 0 Å². The number of likely N-dealkylation sites (tertiary alicyclic amines) is 1. The van der Waals surface area contributed by atoms with Gasteiger partial charge < -0.3 is 9.80 Å². The third-order valence-electron chi connectivity index (χ3n) is 5.58. The summed E-state index contributed by atoms with van der Waals surface area (Å²) in [6, 6.07) is 9.90. The molecule has 2 atom stereocenters. The molecule has 1 aliphatic heterocycles. The summed E-state index contributed by atoms with van der Waals surface area (Å²) >= 11 is 0. The smallest absolute Gasteiger partial charge is 0.227 e. The van der Waals surface area contributed by atoms with Crippen LogP contribution in [0.4, 0.5) is 0 Å². The zero-order valence-electron chi connectivity index (χ0n) is 14.1. The van der Waals surface area contributed by atoms with E-state index in [1.54, 1.807) is 4.90 Å². The average Bonchev–Trinajstić information content (AvgIpc) is 3.15. The molecule has 1 aromatic rings. The van der Waals surface area contributed by atoms with E-state index in [1.165, 1.54) is 0 Å². The molecule has 0 N–H and O–H groups in total. The first-order chi connectivity index (χ1) is 11.0. The molecule has 1 aliphatic carbocycles. The number of carbonyl (C=O) groups excluding carboxylic acids is 2. The lowest BCUT2D eigenvalue weighted by atomic mass is 9.76. The highest BCUT2D eigenvalue weighted by Crippen LogP contribution is 2.50. The Bertz CT molecular complexity index is 584. The first-order valence-electron chi connectivity index (χ1n) is 8.55. The third kappa shape index (κ3) is 3.12. The highest BCUT2D eigenvalue weighted by molar-refractivity contribution is 5.81. The second kappa shape index (κ2) is 6.34. The average molecular weight is 314 g/mol. The maximum absolute atomic E-state index is 12.6. The van der Waals surface area contributed by atoms with E-state index < -0.39 is 0 Å². The SMILES string of the molecule is CN(C)C(=O)[C@@H]1CCC[C@@]12CCN(C(=O)Cc1ccccc1)C2. The Labute approximate surface area is 138 Å². The molecule has 124 valence electrons. The van der Waals surface area contributed by atoms with Crippen molar-refractivity contribution in [3.63, 3.8) is 0 Å². The Hall–Kier alpha value is -1.84. The molecular formula is C19H26N2O2. The summed E-state index contributed by atoms with van der Waals surface area (Å²) in [5.41, 5.74) is 1.08. The summed E-state index contributed by atoms with van der Waals surface area (Å²) in [6.45, 7) is 1.55. The maximum atomic E-state index is 12.6. The Kier molecular flexibility index (Phi) is 4.42. The van der Waals surface area contributed by atoms with Crippen LogP contribution in [0.1, 0.15) is 31.2 Å². The van der Waals surface area contributed by atoms with Crippen molar-refractivity contribution in [2.45, 2.75) is 32.1 Å². The molecule has 1 aromatic carbocycles. The van der Waals surface area contributed by atoms with Gasteiger partial charge in [0.25, 0.3) is 0 Å². The number of nitrogens with zero attached hydrogens (tertiary/aromatic N) is 2. The van der Waals surface area contributed by atoms with Gasteiger partial charge in [0.2, 0.25) is 11.8 Å². The van der Waals surface area contributed by atoms with Crippen molar-refractivity contribution in [1.82, 2.24) is 9.80 Å². The summed E-state index contributed by atoms with van der Waals surface area (Å²) in [5, 5.41) is 0. The largest absolute Gasteiger partial charge is 0.349 e. The first-order valence-corrected chi connectivity index (χ1v) is 8.55. The molecule has 1 spiro atoms. The number of rotatable bonds is 3. The molecule has 1 saturated heterocycles. The Balaban J connectivity index is 1.67. The highest BCUT2D eigenvalue weighted by Gasteiger charge is 2.51. The minimum Gasteiger partial charge on any atom is -0.349 e. The van der Waals surface area contributed by atoms with Crippen molar-refractivity contribution >= 4 is 11.8 Å². The highest BCUT2D eigenvalue weighted by atomic mass is 16.2. The van der Waals surface area contributed by atoms with Gasteiger partial charge in [-0.2, -0.15) is 0 Å². The van der Waals surface area contributed by atoms with Gasteiger partial charge in [0, 0.05) is 38.5 Å². The van der Waals surface area contributed by atoms with E-state index in [-0.39, 0.29) is 23.1 Å². The van der Waals surface area contributed by atoms with Crippen molar-refractivity contribution in [2.75, 3.05) is 27.2 Å². The lowest BCUT2D eigenvalue weighted by molar-refractivity contribution is -0.137. The van der Waals surface area contributed by atoms with E-state index in [1.807, 2.05) is 49.3 Å². The maximum Gasteiger partial charge on any atom is 0.227 e. The molecule has 23 heavy (non-hydrogen) atoms. The predicted octanol–water partition coefficient (Wildman–Crippen LogP) is 2.34. The van der Waals surface area contributed by atoms with Crippen LogP contribution in [0, 0.1) is 11.3 Å². The quantitative estimate of drug-likeness (QED) is 0.859. The Morgan fingerprint density at radius 1 is 1.22 bits per heavy atom. The van der Waals surface area contributed by atoms with E-state index >= 15 is 0 Å². The van der Waals surface area contributed by atoms with Crippen LogP contribution >= 0.6 is 0 Å². The molecule has 0 aromatic heterocycles. The molecule has 2 aliphatic rings. The predicted molar refractivity (Wildman–Crippen MR) is 89.8 cm³/mol. The van der Waals surface area contributed by atoms with Crippen molar-refractivity contribution in [3.8, 4) is 0 Å². The van der Waals surface area contributed by atoms with Crippen LogP contribution in [0.2, 0.25) is 0 Å². The molecule has 2 fully saturated rings. The van der Waals surface area contributed by atoms with Gasteiger partial charge in [-0.25, -0.2) is 0 Å². The molecule has 3 rings (SSSR count). The zero-order valence-corrected chi connectivity index (χ0v) is 14.1. The third-order valence-corrected chi connectivity index (χ3v) is 5.58. The lowest BCUT2D eigenvalue weighted by Crippen LogP contribution is -2.41. The summed E-state index contributed by atoms with van der Waals surface area (Å²) < 4.78 is 0. The number of carbonyl (C=O) groups is 2. The molecule has 4 nitrogen and oxygen atoms in total. The fourth-order valence-electron chi connectivity index (χ4n) is 4.32. The van der Waals surface area contributed by atoms with Crippen molar-refractivity contribution in [2.24, 2.45) is 11.3 Å². The number of hydrogen-bond donors (Lipinski definition) is 0. The topological polar surface area (TPSA) is 40.6 Å². The van der Waals surface area contributed by atoms with Crippen LogP contribution in [-0.2, 0) is 16.0 Å². The summed E-state index contributed by atoms with van der Waals surface area (Å²) in [4.78, 5) is 28.8. The van der Waals surface area contributed by atoms with E-state index in [9.17, 15) is 9.59 Å². The van der Waals surface area contributed by atoms with E-state index in [2.05, 4.69) is 0 Å². The molecule has 1 heterocycles. The molecule has 0 unspecified atom stereocenters. The molecule has 2 amide bonds. The molecule has 4 heteroatoms. The summed E-state index contributed by atoms with van der Waals surface area (Å²) in [7, 11) is 3.67. The minimum atomic E-state index is 0.0215. The van der Waals surface area contributed by atoms with Crippen LogP contribution in [0.5, 0.6) is 0 Å². The Morgan fingerprint density at radius 2 is 1.96 bits per heavy atom. The minimum absolute atomic E-state index is 0.0215. The second-order valence-electron chi connectivity index (χ2n) is 7.27.